The van der Waals surface area contributed by atoms with E-state index in [1.54, 1.807) is 6.92 Å². The fourth-order valence-corrected chi connectivity index (χ4v) is 8.96. The van der Waals surface area contributed by atoms with Crippen LogP contribution in [-0.4, -0.2) is 119 Å². The number of aliphatic hydroxyl groups excluding tert-OH is 1. The van der Waals surface area contributed by atoms with Crippen LogP contribution in [0, 0.1) is 28.6 Å². The third kappa shape index (κ3) is 5.29. The predicted molar refractivity (Wildman–Crippen MR) is 136 cm³/mol. The van der Waals surface area contributed by atoms with Gasteiger partial charge in [0.2, 0.25) is 0 Å². The molecule has 38 heavy (non-hydrogen) atoms. The van der Waals surface area contributed by atoms with Gasteiger partial charge in [0.05, 0.1) is 6.10 Å². The molecule has 4 rings (SSSR count). The van der Waals surface area contributed by atoms with Crippen LogP contribution in [0.3, 0.4) is 0 Å². The van der Waals surface area contributed by atoms with Gasteiger partial charge in [0.15, 0.2) is 17.2 Å². The Morgan fingerprint density at radius 3 is 2.29 bits per heavy atom. The average molecular weight is 600 g/mol. The number of phosphoric acid groups is 2. The monoisotopic (exact) mass is 600 g/mol. The van der Waals surface area contributed by atoms with E-state index in [1.165, 1.54) is 32.1 Å². The van der Waals surface area contributed by atoms with Gasteiger partial charge in [-0.25, -0.2) is 13.5 Å². The predicted octanol–water partition coefficient (Wildman–Crippen LogP) is 0.833. The van der Waals surface area contributed by atoms with Gasteiger partial charge >= 0.3 is 74.8 Å². The fourth-order valence-electron chi connectivity index (χ4n) is 7.81. The van der Waals surface area contributed by atoms with Gasteiger partial charge in [-0.15, -0.1) is 0 Å². The average Bonchev–Trinajstić information content (AvgIpc) is 2.94. The zero-order valence-corrected chi connectivity index (χ0v) is 21.8. The fraction of sp³-hybridized carbons (Fsp3) is 0.727. The Bertz CT molecular complexity index is 1150. The third-order valence-electron chi connectivity index (χ3n) is 9.22. The van der Waals surface area contributed by atoms with Crippen LogP contribution in [0.4, 0.5) is 4.39 Å². The molecule has 4 aliphatic rings. The van der Waals surface area contributed by atoms with Gasteiger partial charge in [0, 0.05) is 16.7 Å². The van der Waals surface area contributed by atoms with Crippen molar-refractivity contribution in [3.05, 3.63) is 23.8 Å². The quantitative estimate of drug-likeness (QED) is 0.215. The number of phosphoric ester groups is 2. The van der Waals surface area contributed by atoms with Crippen molar-refractivity contribution in [1.29, 1.82) is 0 Å². The van der Waals surface area contributed by atoms with Gasteiger partial charge < -0.3 is 24.7 Å². The number of aliphatic hydroxyl groups is 1. The number of hydrogen-bond donors (Lipinski definition) is 5. The first-order chi connectivity index (χ1) is 16.3. The summed E-state index contributed by atoms with van der Waals surface area (Å²) in [5.74, 6) is -3.88. The molecule has 5 N–H and O–H groups in total. The van der Waals surface area contributed by atoms with Gasteiger partial charge in [-0.1, -0.05) is 25.5 Å². The molecule has 0 radical (unpaired) electrons. The first-order valence-electron chi connectivity index (χ1n) is 11.6. The zero-order valence-electron chi connectivity index (χ0n) is 20.0. The van der Waals surface area contributed by atoms with Crippen molar-refractivity contribution in [3.8, 4) is 0 Å². The van der Waals surface area contributed by atoms with Crippen molar-refractivity contribution in [3.63, 3.8) is 0 Å². The van der Waals surface area contributed by atoms with Crippen molar-refractivity contribution >= 4 is 86.3 Å². The van der Waals surface area contributed by atoms with Gasteiger partial charge in [-0.2, -0.15) is 0 Å². The summed E-state index contributed by atoms with van der Waals surface area (Å²) < 4.78 is 50.1. The van der Waals surface area contributed by atoms with Crippen LogP contribution in [0.25, 0.3) is 0 Å². The third-order valence-corrected chi connectivity index (χ3v) is 10.2. The Kier molecular flexibility index (Phi) is 10.4. The van der Waals surface area contributed by atoms with Crippen LogP contribution >= 0.6 is 15.6 Å². The van der Waals surface area contributed by atoms with Crippen molar-refractivity contribution < 1.29 is 56.8 Å². The van der Waals surface area contributed by atoms with Crippen LogP contribution in [-0.2, 0) is 27.8 Å². The van der Waals surface area contributed by atoms with E-state index in [1.807, 2.05) is 0 Å². The molecule has 3 fully saturated rings. The first kappa shape index (κ1) is 35.1. The molecule has 8 atom stereocenters. The summed E-state index contributed by atoms with van der Waals surface area (Å²) in [7, 11) is -10.5. The van der Waals surface area contributed by atoms with Crippen molar-refractivity contribution in [2.45, 2.75) is 63.8 Å². The molecule has 0 aromatic carbocycles. The second-order valence-corrected chi connectivity index (χ2v) is 13.3. The molecule has 16 heteroatoms. The van der Waals surface area contributed by atoms with Crippen LogP contribution in [0.2, 0.25) is 0 Å². The standard InChI is InChI=1S/C22H31FO11P2.2Na.2H/c1-12-8-16-15-5-4-13-9-14(24)6-7-19(13,2)21(15,23)17(25)10-20(16,3)22(12,34-36(30,31)32)18(26)11-33-35(27,28)29;;;;/h6-7,9,12,15-17,25H,4-5,8,10-11H2,1-3H3,(H2,27,28,29)(H2,30,31,32);;;;/t12-,15+,16+,17+,19+,20+,21+,22+;;;;/m1..../s1. The molecule has 4 aliphatic carbocycles. The molecular formula is C22H33FNa2O11P2. The van der Waals surface area contributed by atoms with Gasteiger partial charge in [-0.3, -0.25) is 18.6 Å². The maximum atomic E-state index is 17.2. The number of carbonyl (C=O) groups excluding carboxylic acids is 2. The molecule has 0 amide bonds. The van der Waals surface area contributed by atoms with E-state index in [-0.39, 0.29) is 77.7 Å². The SMILES string of the molecule is C[C@@H]1C[C@H]2[C@@H]3CCC4=CC(=O)C=C[C@]4(C)[C@@]3(F)[C@@H](O)C[C@]2(C)[C@@]1(OP(=O)(O)O)C(=O)COP(=O)(O)O.[NaH].[NaH]. The van der Waals surface area contributed by atoms with E-state index in [0.717, 1.165) is 0 Å². The van der Waals surface area contributed by atoms with Crippen molar-refractivity contribution in [2.24, 2.45) is 28.6 Å². The summed E-state index contributed by atoms with van der Waals surface area (Å²) in [6.45, 7) is 3.39. The van der Waals surface area contributed by atoms with Gasteiger partial charge in [0.1, 0.15) is 12.2 Å². The van der Waals surface area contributed by atoms with E-state index < -0.39 is 80.4 Å². The Labute approximate surface area is 264 Å². The Balaban J connectivity index is 0.00000253. The molecule has 11 nitrogen and oxygen atoms in total. The molecular weight excluding hydrogens is 567 g/mol. The zero-order chi connectivity index (χ0) is 27.1. The summed E-state index contributed by atoms with van der Waals surface area (Å²) in [4.78, 5) is 63.2. The number of halogens is 1. The van der Waals surface area contributed by atoms with Crippen LogP contribution in [0.1, 0.15) is 46.5 Å². The van der Waals surface area contributed by atoms with Gasteiger partial charge in [0.25, 0.3) is 0 Å². The number of alkyl halides is 1. The topological polar surface area (TPSA) is 188 Å². The molecule has 0 aliphatic heterocycles. The molecule has 0 heterocycles. The van der Waals surface area contributed by atoms with E-state index in [4.69, 9.17) is 14.3 Å². The summed E-state index contributed by atoms with van der Waals surface area (Å²) in [5, 5.41) is 11.4. The number of Topliss-reactive ketones (excluding diaryl/α,β-unsaturated/α-hetero) is 1. The Morgan fingerprint density at radius 1 is 1.13 bits per heavy atom. The van der Waals surface area contributed by atoms with E-state index in [0.29, 0.717) is 12.0 Å². The second kappa shape index (κ2) is 11.2. The summed E-state index contributed by atoms with van der Waals surface area (Å²) >= 11 is 0. The second-order valence-electron chi connectivity index (χ2n) is 10.9. The van der Waals surface area contributed by atoms with E-state index >= 15 is 4.39 Å². The van der Waals surface area contributed by atoms with Crippen molar-refractivity contribution in [2.75, 3.05) is 6.61 Å². The maximum absolute atomic E-state index is 17.2. The minimum absolute atomic E-state index is 0. The Hall–Kier alpha value is 0.930. The van der Waals surface area contributed by atoms with E-state index in [2.05, 4.69) is 4.52 Å². The molecule has 206 valence electrons. The number of allylic oxidation sites excluding steroid dienone is 4. The molecule has 0 aromatic rings. The van der Waals surface area contributed by atoms with Crippen molar-refractivity contribution in [1.82, 2.24) is 0 Å². The molecule has 3 saturated carbocycles. The summed E-state index contributed by atoms with van der Waals surface area (Å²) in [6, 6.07) is 0. The Morgan fingerprint density at radius 2 is 1.74 bits per heavy atom. The summed E-state index contributed by atoms with van der Waals surface area (Å²) in [5.41, 5.74) is -6.84. The first-order valence-corrected chi connectivity index (χ1v) is 14.7. The number of fused-ring (bicyclic) bond motifs is 5. The van der Waals surface area contributed by atoms with E-state index in [9.17, 15) is 33.6 Å². The van der Waals surface area contributed by atoms with Crippen LogP contribution in [0.5, 0.6) is 0 Å². The number of hydrogen-bond acceptors (Lipinski definition) is 7. The number of rotatable bonds is 6. The molecule has 0 unspecified atom stereocenters. The van der Waals surface area contributed by atoms with Crippen LogP contribution < -0.4 is 0 Å². The minimum atomic E-state index is -5.36. The van der Waals surface area contributed by atoms with Crippen LogP contribution in [0.15, 0.2) is 23.8 Å². The number of carbonyl (C=O) groups is 2. The summed E-state index contributed by atoms with van der Waals surface area (Å²) in [6.07, 6.45) is 2.60. The molecule has 0 spiro atoms. The molecule has 0 aromatic heterocycles. The van der Waals surface area contributed by atoms with Gasteiger partial charge in [-0.05, 0) is 56.6 Å². The molecule has 0 saturated heterocycles. The normalized spacial score (nSPS) is 42.1. The number of ketones is 2. The molecule has 0 bridgehead atoms.